The topological polar surface area (TPSA) is 26.3 Å². The molecule has 0 saturated carbocycles. The highest BCUT2D eigenvalue weighted by molar-refractivity contribution is 5.74. The Morgan fingerprint density at radius 2 is 1.54 bits per heavy atom. The van der Waals surface area contributed by atoms with Crippen LogP contribution >= 0.6 is 0 Å². The summed E-state index contributed by atoms with van der Waals surface area (Å²) < 4.78 is 5.85. The molecule has 0 aromatic heterocycles. The van der Waals surface area contributed by atoms with Crippen LogP contribution in [0.25, 0.3) is 0 Å². The number of benzene rings is 2. The quantitative estimate of drug-likeness (QED) is 0.354. The van der Waals surface area contributed by atoms with Crippen LogP contribution in [0.3, 0.4) is 0 Å². The summed E-state index contributed by atoms with van der Waals surface area (Å²) in [5.41, 5.74) is 1.97. The van der Waals surface area contributed by atoms with E-state index in [4.69, 9.17) is 4.74 Å². The van der Waals surface area contributed by atoms with E-state index in [9.17, 15) is 4.79 Å². The molecule has 0 fully saturated rings. The van der Waals surface area contributed by atoms with Crippen molar-refractivity contribution in [1.82, 2.24) is 0 Å². The van der Waals surface area contributed by atoms with E-state index in [0.717, 1.165) is 30.4 Å². The molecule has 0 radical (unpaired) electrons. The van der Waals surface area contributed by atoms with Gasteiger partial charge in [0.25, 0.3) is 0 Å². The van der Waals surface area contributed by atoms with E-state index in [0.29, 0.717) is 0 Å². The molecule has 0 bridgehead atoms. The molecule has 0 aliphatic heterocycles. The summed E-state index contributed by atoms with van der Waals surface area (Å²) in [4.78, 5) is 12.5. The van der Waals surface area contributed by atoms with Crippen LogP contribution in [0, 0.1) is 5.92 Å². The zero-order valence-corrected chi connectivity index (χ0v) is 14.5. The summed E-state index contributed by atoms with van der Waals surface area (Å²) in [6.45, 7) is 4.05. The third kappa shape index (κ3) is 5.38. The molecule has 2 aromatic rings. The van der Waals surface area contributed by atoms with Crippen LogP contribution < -0.4 is 0 Å². The van der Waals surface area contributed by atoms with Gasteiger partial charge in [-0.15, -0.1) is 0 Å². The number of allylic oxidation sites excluding steroid dienone is 1. The van der Waals surface area contributed by atoms with E-state index in [-0.39, 0.29) is 18.0 Å². The predicted molar refractivity (Wildman–Crippen MR) is 98.6 cm³/mol. The minimum atomic E-state index is -0.369. The first kappa shape index (κ1) is 18.0. The van der Waals surface area contributed by atoms with Gasteiger partial charge in [-0.2, -0.15) is 0 Å². The lowest BCUT2D eigenvalue weighted by Gasteiger charge is -2.20. The Bertz CT molecular complexity index is 592. The Balaban J connectivity index is 2.11. The van der Waals surface area contributed by atoms with Gasteiger partial charge in [0, 0.05) is 0 Å². The SMILES string of the molecule is CCCC/C=C/C(C)C(=O)OC(c1ccccc1)c1ccccc1. The molecule has 24 heavy (non-hydrogen) atoms. The van der Waals surface area contributed by atoms with Crippen LogP contribution in [0.15, 0.2) is 72.8 Å². The molecule has 0 spiro atoms. The van der Waals surface area contributed by atoms with Crippen molar-refractivity contribution < 1.29 is 9.53 Å². The molecule has 0 saturated heterocycles. The molecule has 1 atom stereocenters. The van der Waals surface area contributed by atoms with Crippen molar-refractivity contribution in [3.63, 3.8) is 0 Å². The number of hydrogen-bond acceptors (Lipinski definition) is 2. The summed E-state index contributed by atoms with van der Waals surface area (Å²) in [7, 11) is 0. The van der Waals surface area contributed by atoms with Gasteiger partial charge < -0.3 is 4.74 Å². The fourth-order valence-electron chi connectivity index (χ4n) is 2.51. The Hall–Kier alpha value is -2.35. The predicted octanol–water partition coefficient (Wildman–Crippen LogP) is 5.70. The van der Waals surface area contributed by atoms with Crippen LogP contribution in [0.2, 0.25) is 0 Å². The van der Waals surface area contributed by atoms with Crippen molar-refractivity contribution in [1.29, 1.82) is 0 Å². The lowest BCUT2D eigenvalue weighted by Crippen LogP contribution is -2.17. The average Bonchev–Trinajstić information content (AvgIpc) is 2.64. The lowest BCUT2D eigenvalue weighted by molar-refractivity contribution is -0.150. The third-order valence-corrected chi connectivity index (χ3v) is 3.96. The first-order chi connectivity index (χ1) is 11.7. The molecule has 2 aromatic carbocycles. The van der Waals surface area contributed by atoms with Gasteiger partial charge in [-0.1, -0.05) is 92.6 Å². The van der Waals surface area contributed by atoms with Gasteiger partial charge in [-0.25, -0.2) is 0 Å². The highest BCUT2D eigenvalue weighted by Crippen LogP contribution is 2.27. The fraction of sp³-hybridized carbons (Fsp3) is 0.318. The van der Waals surface area contributed by atoms with Gasteiger partial charge in [-0.3, -0.25) is 4.79 Å². The molecule has 2 rings (SSSR count). The van der Waals surface area contributed by atoms with Gasteiger partial charge in [-0.05, 0) is 24.5 Å². The molecule has 0 aliphatic carbocycles. The lowest BCUT2D eigenvalue weighted by atomic mass is 10.0. The highest BCUT2D eigenvalue weighted by Gasteiger charge is 2.21. The summed E-state index contributed by atoms with van der Waals surface area (Å²) in [6.07, 6.45) is 6.98. The summed E-state index contributed by atoms with van der Waals surface area (Å²) in [6, 6.07) is 19.8. The number of unbranched alkanes of at least 4 members (excludes halogenated alkanes) is 2. The van der Waals surface area contributed by atoms with Crippen molar-refractivity contribution in [2.45, 2.75) is 39.2 Å². The average molecular weight is 322 g/mol. The second-order valence-corrected chi connectivity index (χ2v) is 6.00. The maximum absolute atomic E-state index is 12.5. The number of ether oxygens (including phenoxy) is 1. The Morgan fingerprint density at radius 3 is 2.04 bits per heavy atom. The van der Waals surface area contributed by atoms with Crippen molar-refractivity contribution in [3.05, 3.63) is 83.9 Å². The number of carbonyl (C=O) groups is 1. The highest BCUT2D eigenvalue weighted by atomic mass is 16.5. The van der Waals surface area contributed by atoms with Gasteiger partial charge in [0.05, 0.1) is 5.92 Å². The Morgan fingerprint density at radius 1 is 1.00 bits per heavy atom. The first-order valence-corrected chi connectivity index (χ1v) is 8.69. The molecule has 0 amide bonds. The van der Waals surface area contributed by atoms with Crippen LogP contribution in [-0.2, 0) is 9.53 Å². The smallest absolute Gasteiger partial charge is 0.313 e. The summed E-state index contributed by atoms with van der Waals surface area (Å²) >= 11 is 0. The molecule has 0 aliphatic rings. The zero-order chi connectivity index (χ0) is 17.2. The number of esters is 1. The van der Waals surface area contributed by atoms with Crippen LogP contribution in [0.1, 0.15) is 50.3 Å². The van der Waals surface area contributed by atoms with Crippen molar-refractivity contribution in [2.24, 2.45) is 5.92 Å². The molecule has 0 heterocycles. The Kier molecular flexibility index (Phi) is 7.28. The van der Waals surface area contributed by atoms with Crippen LogP contribution in [0.4, 0.5) is 0 Å². The molecule has 1 unspecified atom stereocenters. The third-order valence-electron chi connectivity index (χ3n) is 3.96. The van der Waals surface area contributed by atoms with Gasteiger partial charge in [0.2, 0.25) is 0 Å². The number of rotatable bonds is 8. The second kappa shape index (κ2) is 9.71. The monoisotopic (exact) mass is 322 g/mol. The van der Waals surface area contributed by atoms with E-state index in [1.165, 1.54) is 0 Å². The molecular formula is C22H26O2. The van der Waals surface area contributed by atoms with Gasteiger partial charge >= 0.3 is 5.97 Å². The van der Waals surface area contributed by atoms with E-state index in [1.54, 1.807) is 0 Å². The van der Waals surface area contributed by atoms with Crippen molar-refractivity contribution >= 4 is 5.97 Å². The maximum atomic E-state index is 12.5. The van der Waals surface area contributed by atoms with Crippen molar-refractivity contribution in [2.75, 3.05) is 0 Å². The molecule has 126 valence electrons. The number of carbonyl (C=O) groups excluding carboxylic acids is 1. The fourth-order valence-corrected chi connectivity index (χ4v) is 2.51. The molecule has 0 N–H and O–H groups in total. The normalized spacial score (nSPS) is 12.5. The standard InChI is InChI=1S/C22H26O2/c1-3-4-5-8-13-18(2)22(23)24-21(19-14-9-6-10-15-19)20-16-11-7-12-17-20/h6-18,21H,3-5H2,1-2H3/b13-8+. The van der Waals surface area contributed by atoms with Gasteiger partial charge in [0.15, 0.2) is 6.10 Å². The van der Waals surface area contributed by atoms with Gasteiger partial charge in [0.1, 0.15) is 0 Å². The second-order valence-electron chi connectivity index (χ2n) is 6.00. The van der Waals surface area contributed by atoms with E-state index in [2.05, 4.69) is 13.0 Å². The largest absolute Gasteiger partial charge is 0.452 e. The van der Waals surface area contributed by atoms with E-state index < -0.39 is 0 Å². The first-order valence-electron chi connectivity index (χ1n) is 8.69. The minimum Gasteiger partial charge on any atom is -0.452 e. The zero-order valence-electron chi connectivity index (χ0n) is 14.5. The van der Waals surface area contributed by atoms with Crippen LogP contribution in [0.5, 0.6) is 0 Å². The molecular weight excluding hydrogens is 296 g/mol. The summed E-state index contributed by atoms with van der Waals surface area (Å²) in [5.74, 6) is -0.433. The molecule has 2 heteroatoms. The van der Waals surface area contributed by atoms with E-state index >= 15 is 0 Å². The number of hydrogen-bond donors (Lipinski definition) is 0. The van der Waals surface area contributed by atoms with Crippen LogP contribution in [-0.4, -0.2) is 5.97 Å². The molecule has 2 nitrogen and oxygen atoms in total. The maximum Gasteiger partial charge on any atom is 0.313 e. The Labute approximate surface area is 145 Å². The minimum absolute atomic E-state index is 0.194. The summed E-state index contributed by atoms with van der Waals surface area (Å²) in [5, 5.41) is 0. The van der Waals surface area contributed by atoms with Crippen molar-refractivity contribution in [3.8, 4) is 0 Å². The van der Waals surface area contributed by atoms with E-state index in [1.807, 2.05) is 73.7 Å².